The molecule has 3 aromatic rings. The zero-order valence-corrected chi connectivity index (χ0v) is 32.6. The van der Waals surface area contributed by atoms with Crippen molar-refractivity contribution in [2.24, 2.45) is 0 Å². The fourth-order valence-electron chi connectivity index (χ4n) is 6.05. The lowest BCUT2D eigenvalue weighted by Gasteiger charge is -2.34. The number of benzene rings is 3. The van der Waals surface area contributed by atoms with Crippen LogP contribution in [0.25, 0.3) is 0 Å². The van der Waals surface area contributed by atoms with Gasteiger partial charge in [-0.2, -0.15) is 0 Å². The van der Waals surface area contributed by atoms with Crippen LogP contribution in [-0.2, 0) is 37.9 Å². The molecule has 50 heavy (non-hydrogen) atoms. The SMILES string of the molecule is COCCOCCOCCN(CC(C)(C)SSC)c1cc(CCl)cc(COc2cc(NCC3Cc4ccccc4N3C=O)c(C)cc2OC)c1. The van der Waals surface area contributed by atoms with E-state index in [0.717, 1.165) is 59.7 Å². The maximum Gasteiger partial charge on any atom is 0.214 e. The molecule has 0 aromatic heterocycles. The molecule has 9 nitrogen and oxygen atoms in total. The number of aryl methyl sites for hydroxylation is 1. The average molecular weight is 746 g/mol. The number of rotatable bonds is 23. The minimum absolute atomic E-state index is 0.000975. The third-order valence-electron chi connectivity index (χ3n) is 8.41. The lowest BCUT2D eigenvalue weighted by molar-refractivity contribution is -0.107. The van der Waals surface area contributed by atoms with Gasteiger partial charge in [-0.05, 0) is 80.0 Å². The van der Waals surface area contributed by atoms with Crippen LogP contribution < -0.4 is 24.6 Å². The van der Waals surface area contributed by atoms with Gasteiger partial charge in [-0.1, -0.05) is 45.9 Å². The van der Waals surface area contributed by atoms with Gasteiger partial charge in [-0.3, -0.25) is 4.79 Å². The minimum atomic E-state index is -0.000975. The number of halogens is 1. The van der Waals surface area contributed by atoms with Crippen molar-refractivity contribution in [2.75, 3.05) is 88.3 Å². The number of ether oxygens (including phenoxy) is 5. The molecule has 1 aliphatic heterocycles. The largest absolute Gasteiger partial charge is 0.493 e. The molecule has 0 bridgehead atoms. The first-order valence-electron chi connectivity index (χ1n) is 16.9. The molecule has 0 aliphatic carbocycles. The summed E-state index contributed by atoms with van der Waals surface area (Å²) in [6.07, 6.45) is 3.84. The molecule has 4 rings (SSSR count). The van der Waals surface area contributed by atoms with E-state index in [1.54, 1.807) is 25.0 Å². The fraction of sp³-hybridized carbons (Fsp3) is 0.500. The van der Waals surface area contributed by atoms with E-state index in [1.165, 1.54) is 5.56 Å². The number of hydrogen-bond acceptors (Lipinski definition) is 10. The van der Waals surface area contributed by atoms with Crippen molar-refractivity contribution in [1.82, 2.24) is 0 Å². The summed E-state index contributed by atoms with van der Waals surface area (Å²) < 4.78 is 28.7. The van der Waals surface area contributed by atoms with Gasteiger partial charge in [-0.25, -0.2) is 0 Å². The summed E-state index contributed by atoms with van der Waals surface area (Å²) in [6.45, 7) is 11.8. The van der Waals surface area contributed by atoms with Crippen LogP contribution in [0.15, 0.2) is 54.6 Å². The molecule has 1 atom stereocenters. The van der Waals surface area contributed by atoms with Crippen LogP contribution in [0.1, 0.15) is 36.1 Å². The Hall–Kier alpha value is -2.80. The van der Waals surface area contributed by atoms with E-state index < -0.39 is 0 Å². The molecule has 1 heterocycles. The first-order valence-corrected chi connectivity index (χ1v) is 20.0. The second kappa shape index (κ2) is 20.3. The number of carbonyl (C=O) groups is 1. The van der Waals surface area contributed by atoms with E-state index in [0.29, 0.717) is 63.6 Å². The van der Waals surface area contributed by atoms with E-state index in [1.807, 2.05) is 52.9 Å². The molecule has 0 radical (unpaired) electrons. The van der Waals surface area contributed by atoms with Crippen molar-refractivity contribution in [2.45, 2.75) is 50.5 Å². The summed E-state index contributed by atoms with van der Waals surface area (Å²) in [4.78, 5) is 16.2. The summed E-state index contributed by atoms with van der Waals surface area (Å²) in [5, 5.41) is 3.57. The Morgan fingerprint density at radius 3 is 2.46 bits per heavy atom. The first kappa shape index (κ1) is 40.0. The monoisotopic (exact) mass is 745 g/mol. The molecule has 0 fully saturated rings. The summed E-state index contributed by atoms with van der Waals surface area (Å²) >= 11 is 6.43. The van der Waals surface area contributed by atoms with Crippen molar-refractivity contribution in [1.29, 1.82) is 0 Å². The van der Waals surface area contributed by atoms with Crippen LogP contribution >= 0.6 is 33.2 Å². The summed E-state index contributed by atoms with van der Waals surface area (Å²) in [5.74, 6) is 1.68. The molecule has 3 aromatic carbocycles. The van der Waals surface area contributed by atoms with Gasteiger partial charge in [0.25, 0.3) is 0 Å². The van der Waals surface area contributed by atoms with E-state index in [9.17, 15) is 4.79 Å². The number of nitrogens with zero attached hydrogens (tertiary/aromatic N) is 2. The number of methoxy groups -OCH3 is 2. The van der Waals surface area contributed by atoms with Crippen LogP contribution in [0.2, 0.25) is 0 Å². The lowest BCUT2D eigenvalue weighted by atomic mass is 10.1. The van der Waals surface area contributed by atoms with E-state index in [4.69, 9.17) is 35.3 Å². The number of amides is 1. The third kappa shape index (κ3) is 11.6. The normalized spacial score (nSPS) is 14.1. The summed E-state index contributed by atoms with van der Waals surface area (Å²) in [7, 11) is 6.95. The Morgan fingerprint density at radius 1 is 1.00 bits per heavy atom. The zero-order chi connectivity index (χ0) is 35.9. The van der Waals surface area contributed by atoms with Crippen molar-refractivity contribution < 1.29 is 28.5 Å². The highest BCUT2D eigenvalue weighted by Crippen LogP contribution is 2.37. The zero-order valence-electron chi connectivity index (χ0n) is 30.2. The molecule has 1 unspecified atom stereocenters. The molecule has 274 valence electrons. The third-order valence-corrected chi connectivity index (χ3v) is 11.3. The standard InChI is InChI=1S/C38H52ClN3O6S2/c1-28-17-36(45-5)37(22-34(28)40-24-33-21-31-9-7-8-10-35(31)42(33)27-43)48-25-30-18-29(23-39)19-32(20-30)41(26-38(2,3)50-49-6)11-12-46-15-16-47-14-13-44-4/h7-10,17-20,22,27,33,40H,11-16,21,23-26H2,1-6H3. The van der Waals surface area contributed by atoms with E-state index in [2.05, 4.69) is 54.6 Å². The predicted octanol–water partition coefficient (Wildman–Crippen LogP) is 7.60. The molecule has 12 heteroatoms. The van der Waals surface area contributed by atoms with Crippen LogP contribution in [0, 0.1) is 6.92 Å². The molecular weight excluding hydrogens is 694 g/mol. The van der Waals surface area contributed by atoms with Gasteiger partial charge in [0.05, 0.1) is 46.2 Å². The van der Waals surface area contributed by atoms with Crippen LogP contribution in [0.5, 0.6) is 11.5 Å². The smallest absolute Gasteiger partial charge is 0.214 e. The predicted molar refractivity (Wildman–Crippen MR) is 210 cm³/mol. The van der Waals surface area contributed by atoms with Gasteiger partial charge in [0.2, 0.25) is 6.41 Å². The van der Waals surface area contributed by atoms with Gasteiger partial charge in [0, 0.05) is 60.5 Å². The molecule has 1 amide bonds. The van der Waals surface area contributed by atoms with Crippen LogP contribution in [-0.4, -0.2) is 90.3 Å². The molecule has 0 saturated carbocycles. The van der Waals surface area contributed by atoms with Gasteiger partial charge in [0.1, 0.15) is 6.61 Å². The van der Waals surface area contributed by atoms with Crippen molar-refractivity contribution in [3.05, 3.63) is 76.9 Å². The Balaban J connectivity index is 1.47. The highest BCUT2D eigenvalue weighted by atomic mass is 35.5. The van der Waals surface area contributed by atoms with E-state index in [-0.39, 0.29) is 10.8 Å². The minimum Gasteiger partial charge on any atom is -0.493 e. The second-order valence-electron chi connectivity index (χ2n) is 12.8. The molecule has 0 spiro atoms. The quantitative estimate of drug-likeness (QED) is 0.0454. The second-order valence-corrected chi connectivity index (χ2v) is 16.1. The Bertz CT molecular complexity index is 1510. The lowest BCUT2D eigenvalue weighted by Crippen LogP contribution is -2.38. The number of nitrogens with one attached hydrogen (secondary N) is 1. The highest BCUT2D eigenvalue weighted by Gasteiger charge is 2.29. The topological polar surface area (TPSA) is 81.7 Å². The number of hydrogen-bond donors (Lipinski definition) is 1. The first-order chi connectivity index (χ1) is 24.2. The van der Waals surface area contributed by atoms with Crippen molar-refractivity contribution in [3.8, 4) is 11.5 Å². The number of para-hydroxylation sites is 1. The number of carbonyl (C=O) groups excluding carboxylic acids is 1. The maximum absolute atomic E-state index is 12.0. The Morgan fingerprint density at radius 2 is 1.74 bits per heavy atom. The van der Waals surface area contributed by atoms with E-state index >= 15 is 0 Å². The molecule has 1 N–H and O–H groups in total. The number of fused-ring (bicyclic) bond motifs is 1. The van der Waals surface area contributed by atoms with Gasteiger partial charge < -0.3 is 38.8 Å². The molecule has 0 saturated heterocycles. The van der Waals surface area contributed by atoms with Gasteiger partial charge in [0.15, 0.2) is 11.5 Å². The number of alkyl halides is 1. The highest BCUT2D eigenvalue weighted by molar-refractivity contribution is 8.77. The van der Waals surface area contributed by atoms with Crippen molar-refractivity contribution >= 4 is 56.7 Å². The summed E-state index contributed by atoms with van der Waals surface area (Å²) in [5.41, 5.74) is 7.22. The van der Waals surface area contributed by atoms with Crippen LogP contribution in [0.4, 0.5) is 17.1 Å². The van der Waals surface area contributed by atoms with Crippen LogP contribution in [0.3, 0.4) is 0 Å². The van der Waals surface area contributed by atoms with Crippen molar-refractivity contribution in [3.63, 3.8) is 0 Å². The Kier molecular flexibility index (Phi) is 16.2. The molecular formula is C38H52ClN3O6S2. The molecule has 1 aliphatic rings. The number of anilines is 3. The fourth-order valence-corrected chi connectivity index (χ4v) is 8.37. The maximum atomic E-state index is 12.0. The summed E-state index contributed by atoms with van der Waals surface area (Å²) in [6, 6.07) is 18.5. The Labute approximate surface area is 311 Å². The van der Waals surface area contributed by atoms with Gasteiger partial charge in [-0.15, -0.1) is 11.6 Å². The average Bonchev–Trinajstić information content (AvgIpc) is 3.48. The van der Waals surface area contributed by atoms with Gasteiger partial charge >= 0.3 is 0 Å².